The molecular formula is C17H19N5O3. The maximum absolute atomic E-state index is 12.3. The van der Waals surface area contributed by atoms with Crippen LogP contribution < -0.4 is 11.2 Å². The Morgan fingerprint density at radius 1 is 1.20 bits per heavy atom. The fraction of sp³-hybridized carbons (Fsp3) is 0.294. The second-order valence-corrected chi connectivity index (χ2v) is 5.76. The molecule has 0 saturated heterocycles. The predicted molar refractivity (Wildman–Crippen MR) is 95.4 cm³/mol. The Bertz CT molecular complexity index is 1060. The van der Waals surface area contributed by atoms with Gasteiger partial charge in [0.15, 0.2) is 11.2 Å². The van der Waals surface area contributed by atoms with Crippen molar-refractivity contribution in [3.05, 3.63) is 57.0 Å². The average molecular weight is 341 g/mol. The Labute approximate surface area is 143 Å². The summed E-state index contributed by atoms with van der Waals surface area (Å²) >= 11 is 0. The molecule has 1 N–H and O–H groups in total. The number of aromatic hydroxyl groups is 1. The highest BCUT2D eigenvalue weighted by Crippen LogP contribution is 2.12. The van der Waals surface area contributed by atoms with Crippen LogP contribution in [-0.2, 0) is 20.6 Å². The molecule has 0 atom stereocenters. The fourth-order valence-electron chi connectivity index (χ4n) is 2.66. The van der Waals surface area contributed by atoms with Gasteiger partial charge in [-0.25, -0.2) is 9.78 Å². The summed E-state index contributed by atoms with van der Waals surface area (Å²) in [5.74, 6) is 0.191. The molecule has 3 aromatic rings. The second-order valence-electron chi connectivity index (χ2n) is 5.76. The van der Waals surface area contributed by atoms with Gasteiger partial charge in [0.1, 0.15) is 5.75 Å². The molecule has 0 radical (unpaired) electrons. The number of fused-ring (bicyclic) bond motifs is 1. The lowest BCUT2D eigenvalue weighted by Gasteiger charge is -2.06. The average Bonchev–Trinajstić information content (AvgIpc) is 3.03. The van der Waals surface area contributed by atoms with E-state index in [-0.39, 0.29) is 11.3 Å². The summed E-state index contributed by atoms with van der Waals surface area (Å²) in [6.07, 6.45) is 3.89. The lowest BCUT2D eigenvalue weighted by atomic mass is 10.2. The lowest BCUT2D eigenvalue weighted by Crippen LogP contribution is -2.37. The minimum Gasteiger partial charge on any atom is -0.507 e. The van der Waals surface area contributed by atoms with Crippen molar-refractivity contribution in [1.29, 1.82) is 0 Å². The van der Waals surface area contributed by atoms with E-state index in [9.17, 15) is 14.7 Å². The molecule has 8 heteroatoms. The maximum Gasteiger partial charge on any atom is 0.332 e. The Morgan fingerprint density at radius 2 is 1.96 bits per heavy atom. The van der Waals surface area contributed by atoms with Crippen molar-refractivity contribution in [3.8, 4) is 5.75 Å². The summed E-state index contributed by atoms with van der Waals surface area (Å²) in [5.41, 5.74) is 0.711. The van der Waals surface area contributed by atoms with Crippen LogP contribution in [0.25, 0.3) is 11.2 Å². The topological polar surface area (TPSA) is 94.4 Å². The van der Waals surface area contributed by atoms with Crippen molar-refractivity contribution in [2.45, 2.75) is 13.0 Å². The number of aryl methyl sites for hydroxylation is 2. The normalized spacial score (nSPS) is 11.6. The van der Waals surface area contributed by atoms with Gasteiger partial charge < -0.3 is 9.67 Å². The molecule has 0 amide bonds. The molecular weight excluding hydrogens is 322 g/mol. The van der Waals surface area contributed by atoms with E-state index in [1.165, 1.54) is 11.6 Å². The molecule has 3 rings (SSSR count). The van der Waals surface area contributed by atoms with Crippen LogP contribution >= 0.6 is 0 Å². The van der Waals surface area contributed by atoms with E-state index in [0.717, 1.165) is 4.57 Å². The molecule has 0 unspecified atom stereocenters. The molecule has 0 saturated carbocycles. The summed E-state index contributed by atoms with van der Waals surface area (Å²) in [6.45, 7) is 1.10. The third kappa shape index (κ3) is 3.10. The minimum atomic E-state index is -0.394. The van der Waals surface area contributed by atoms with Crippen molar-refractivity contribution >= 4 is 17.4 Å². The van der Waals surface area contributed by atoms with Gasteiger partial charge in [0, 0.05) is 39.0 Å². The van der Waals surface area contributed by atoms with Crippen LogP contribution in [0.2, 0.25) is 0 Å². The van der Waals surface area contributed by atoms with E-state index in [1.807, 2.05) is 6.07 Å². The molecule has 0 aliphatic carbocycles. The van der Waals surface area contributed by atoms with Crippen LogP contribution in [0.3, 0.4) is 0 Å². The number of aromatic nitrogens is 4. The summed E-state index contributed by atoms with van der Waals surface area (Å²) in [6, 6.07) is 6.98. The van der Waals surface area contributed by atoms with Crippen molar-refractivity contribution in [3.63, 3.8) is 0 Å². The van der Waals surface area contributed by atoms with Gasteiger partial charge in [0.05, 0.1) is 6.33 Å². The molecule has 0 aliphatic heterocycles. The van der Waals surface area contributed by atoms with Crippen LogP contribution in [-0.4, -0.2) is 36.6 Å². The van der Waals surface area contributed by atoms with Crippen molar-refractivity contribution in [1.82, 2.24) is 18.7 Å². The number of benzene rings is 1. The molecule has 0 bridgehead atoms. The summed E-state index contributed by atoms with van der Waals surface area (Å²) in [5, 5.41) is 9.67. The molecule has 25 heavy (non-hydrogen) atoms. The Balaban J connectivity index is 1.74. The van der Waals surface area contributed by atoms with Gasteiger partial charge in [-0.1, -0.05) is 12.1 Å². The van der Waals surface area contributed by atoms with Gasteiger partial charge in [0.2, 0.25) is 0 Å². The summed E-state index contributed by atoms with van der Waals surface area (Å²) < 4.78 is 4.19. The standard InChI is InChI=1S/C17H19N5O3/c1-20-15-14(16(24)21(2)17(20)25)22(11-19-15)9-5-8-18-10-12-6-3-4-7-13(12)23/h3-4,6-7,10-11,23H,5,8-9H2,1-2H3. The third-order valence-corrected chi connectivity index (χ3v) is 4.07. The fourth-order valence-corrected chi connectivity index (χ4v) is 2.66. The van der Waals surface area contributed by atoms with Gasteiger partial charge in [-0.3, -0.25) is 18.9 Å². The summed E-state index contributed by atoms with van der Waals surface area (Å²) in [4.78, 5) is 32.7. The van der Waals surface area contributed by atoms with E-state index in [4.69, 9.17) is 0 Å². The van der Waals surface area contributed by atoms with Gasteiger partial charge in [-0.15, -0.1) is 0 Å². The number of para-hydroxylation sites is 1. The van der Waals surface area contributed by atoms with E-state index in [0.29, 0.717) is 36.2 Å². The Kier molecular flexibility index (Phi) is 4.51. The second kappa shape index (κ2) is 6.76. The molecule has 0 aliphatic rings. The van der Waals surface area contributed by atoms with Gasteiger partial charge in [0.25, 0.3) is 5.56 Å². The maximum atomic E-state index is 12.3. The number of hydrogen-bond acceptors (Lipinski definition) is 5. The summed E-state index contributed by atoms with van der Waals surface area (Å²) in [7, 11) is 3.05. The quantitative estimate of drug-likeness (QED) is 0.544. The highest BCUT2D eigenvalue weighted by molar-refractivity contribution is 5.83. The monoisotopic (exact) mass is 341 g/mol. The molecule has 0 fully saturated rings. The highest BCUT2D eigenvalue weighted by atomic mass is 16.3. The zero-order valence-electron chi connectivity index (χ0n) is 14.1. The van der Waals surface area contributed by atoms with Crippen LogP contribution in [0.1, 0.15) is 12.0 Å². The first kappa shape index (κ1) is 16.7. The van der Waals surface area contributed by atoms with Gasteiger partial charge in [-0.05, 0) is 18.6 Å². The smallest absolute Gasteiger partial charge is 0.332 e. The molecule has 1 aromatic carbocycles. The third-order valence-electron chi connectivity index (χ3n) is 4.07. The van der Waals surface area contributed by atoms with Crippen molar-refractivity contribution in [2.24, 2.45) is 19.1 Å². The number of nitrogens with zero attached hydrogens (tertiary/aromatic N) is 5. The molecule has 2 heterocycles. The predicted octanol–water partition coefficient (Wildman–Crippen LogP) is 0.648. The largest absolute Gasteiger partial charge is 0.507 e. The van der Waals surface area contributed by atoms with Crippen LogP contribution in [0.15, 0.2) is 45.2 Å². The highest BCUT2D eigenvalue weighted by Gasteiger charge is 2.13. The van der Waals surface area contributed by atoms with E-state index >= 15 is 0 Å². The Hall–Kier alpha value is -3.16. The number of phenolic OH excluding ortho intramolecular Hbond substituents is 1. The molecule has 130 valence electrons. The van der Waals surface area contributed by atoms with Crippen LogP contribution in [0, 0.1) is 0 Å². The first-order valence-electron chi connectivity index (χ1n) is 7.89. The number of phenols is 1. The first-order valence-corrected chi connectivity index (χ1v) is 7.89. The first-order chi connectivity index (χ1) is 12.0. The Morgan fingerprint density at radius 3 is 2.72 bits per heavy atom. The zero-order chi connectivity index (χ0) is 18.0. The number of aliphatic imine (C=N–C) groups is 1. The molecule has 2 aromatic heterocycles. The number of imidazole rings is 1. The van der Waals surface area contributed by atoms with Gasteiger partial charge >= 0.3 is 5.69 Å². The van der Waals surface area contributed by atoms with Crippen LogP contribution in [0.5, 0.6) is 5.75 Å². The number of rotatable bonds is 5. The SMILES string of the molecule is Cn1c(=O)c2c(ncn2CCCN=Cc2ccccc2O)n(C)c1=O. The number of hydrogen-bond donors (Lipinski definition) is 1. The lowest BCUT2D eigenvalue weighted by molar-refractivity contribution is 0.474. The van der Waals surface area contributed by atoms with E-state index in [2.05, 4.69) is 9.98 Å². The van der Waals surface area contributed by atoms with Crippen molar-refractivity contribution in [2.75, 3.05) is 6.54 Å². The zero-order valence-corrected chi connectivity index (χ0v) is 14.1. The molecule has 0 spiro atoms. The van der Waals surface area contributed by atoms with Gasteiger partial charge in [-0.2, -0.15) is 0 Å². The van der Waals surface area contributed by atoms with E-state index < -0.39 is 5.69 Å². The van der Waals surface area contributed by atoms with Crippen molar-refractivity contribution < 1.29 is 5.11 Å². The van der Waals surface area contributed by atoms with Crippen LogP contribution in [0.4, 0.5) is 0 Å². The molecule has 8 nitrogen and oxygen atoms in total. The minimum absolute atomic E-state index is 0.191. The van der Waals surface area contributed by atoms with E-state index in [1.54, 1.807) is 42.4 Å².